The van der Waals surface area contributed by atoms with Crippen molar-refractivity contribution in [2.24, 2.45) is 0 Å². The summed E-state index contributed by atoms with van der Waals surface area (Å²) in [5.74, 6) is 1.35. The molecular weight excluding hydrogens is 196 g/mol. The van der Waals surface area contributed by atoms with Crippen LogP contribution in [0.1, 0.15) is 0 Å². The molecule has 68 valence electrons. The molecule has 0 aromatic carbocycles. The number of nitrogens with one attached hydrogen (secondary N) is 1. The number of tetrazole rings is 1. The summed E-state index contributed by atoms with van der Waals surface area (Å²) < 4.78 is 0. The van der Waals surface area contributed by atoms with E-state index >= 15 is 0 Å². The molecule has 0 spiro atoms. The minimum atomic E-state index is -0.302. The van der Waals surface area contributed by atoms with Crippen molar-refractivity contribution in [3.8, 4) is 0 Å². The van der Waals surface area contributed by atoms with Crippen LogP contribution in [0.2, 0.25) is 0 Å². The Bertz CT molecular complexity index is 205. The number of aromatic amines is 1. The maximum atomic E-state index is 9.32. The van der Waals surface area contributed by atoms with Crippen molar-refractivity contribution in [3.63, 3.8) is 0 Å². The zero-order valence-corrected chi connectivity index (χ0v) is 8.23. The van der Waals surface area contributed by atoms with Crippen LogP contribution in [-0.2, 0) is 0 Å². The summed E-state index contributed by atoms with van der Waals surface area (Å²) >= 11 is 3.02. The van der Waals surface area contributed by atoms with Crippen LogP contribution in [0.5, 0.6) is 0 Å². The maximum Gasteiger partial charge on any atom is 0.231 e. The second kappa shape index (κ2) is 5.39. The Balaban J connectivity index is 2.17. The first kappa shape index (κ1) is 9.82. The van der Waals surface area contributed by atoms with Gasteiger partial charge in [-0.05, 0) is 11.5 Å². The van der Waals surface area contributed by atoms with Crippen molar-refractivity contribution >= 4 is 23.5 Å². The summed E-state index contributed by atoms with van der Waals surface area (Å²) in [4.78, 5) is 0. The Morgan fingerprint density at radius 2 is 2.42 bits per heavy atom. The van der Waals surface area contributed by atoms with E-state index in [4.69, 9.17) is 0 Å². The number of H-pyrrole nitrogens is 1. The Kier molecular flexibility index (Phi) is 4.41. The lowest BCUT2D eigenvalue weighted by atomic mass is 10.5. The zero-order chi connectivity index (χ0) is 8.81. The van der Waals surface area contributed by atoms with Gasteiger partial charge in [0.2, 0.25) is 5.16 Å². The normalized spacial score (nSPS) is 13.2. The van der Waals surface area contributed by atoms with Gasteiger partial charge in [-0.15, -0.1) is 10.2 Å². The number of aliphatic hydroxyl groups is 1. The molecule has 2 N–H and O–H groups in total. The quantitative estimate of drug-likeness (QED) is 0.661. The third-order valence-corrected chi connectivity index (χ3v) is 2.79. The first-order valence-electron chi connectivity index (χ1n) is 3.36. The van der Waals surface area contributed by atoms with Gasteiger partial charge in [-0.3, -0.25) is 0 Å². The van der Waals surface area contributed by atoms with Crippen LogP contribution in [0.25, 0.3) is 0 Å². The predicted octanol–water partition coefficient (Wildman–Crippen LogP) is 0.0157. The largest absolute Gasteiger partial charge is 0.391 e. The van der Waals surface area contributed by atoms with Gasteiger partial charge in [-0.25, -0.2) is 0 Å². The Hall–Kier alpha value is -0.270. The molecular formula is C5H10N4OS2. The molecule has 1 heterocycles. The zero-order valence-electron chi connectivity index (χ0n) is 6.60. The minimum absolute atomic E-state index is 0.302. The van der Waals surface area contributed by atoms with Gasteiger partial charge in [0.1, 0.15) is 0 Å². The van der Waals surface area contributed by atoms with Crippen LogP contribution < -0.4 is 0 Å². The molecule has 1 atom stereocenters. The molecule has 0 aliphatic rings. The molecule has 5 nitrogen and oxygen atoms in total. The van der Waals surface area contributed by atoms with Crippen molar-refractivity contribution < 1.29 is 5.11 Å². The molecule has 1 rings (SSSR count). The van der Waals surface area contributed by atoms with Crippen molar-refractivity contribution in [1.82, 2.24) is 20.6 Å². The number of aliphatic hydroxyl groups excluding tert-OH is 1. The second-order valence-corrected chi connectivity index (χ2v) is 4.01. The summed E-state index contributed by atoms with van der Waals surface area (Å²) in [7, 11) is 0. The molecule has 0 saturated carbocycles. The standard InChI is InChI=1S/C5H10N4OS2/c1-11-2-4(10)3-12-5-6-8-9-7-5/h4,10H,2-3H2,1H3,(H,6,7,8,9). The van der Waals surface area contributed by atoms with E-state index in [1.54, 1.807) is 11.8 Å². The van der Waals surface area contributed by atoms with Crippen molar-refractivity contribution in [3.05, 3.63) is 0 Å². The van der Waals surface area contributed by atoms with Crippen LogP contribution in [0, 0.1) is 0 Å². The van der Waals surface area contributed by atoms with E-state index in [2.05, 4.69) is 20.6 Å². The molecule has 0 bridgehead atoms. The monoisotopic (exact) mass is 206 g/mol. The van der Waals surface area contributed by atoms with Gasteiger partial charge in [0.05, 0.1) is 6.10 Å². The summed E-state index contributed by atoms with van der Waals surface area (Å²) in [5, 5.41) is 23.1. The molecule has 1 aromatic heterocycles. The highest BCUT2D eigenvalue weighted by atomic mass is 32.2. The van der Waals surface area contributed by atoms with Gasteiger partial charge >= 0.3 is 0 Å². The second-order valence-electron chi connectivity index (χ2n) is 2.11. The third kappa shape index (κ3) is 3.42. The first-order chi connectivity index (χ1) is 5.83. The van der Waals surface area contributed by atoms with E-state index < -0.39 is 0 Å². The molecule has 0 fully saturated rings. The highest BCUT2D eigenvalue weighted by Crippen LogP contribution is 2.12. The molecule has 1 unspecified atom stereocenters. The fourth-order valence-electron chi connectivity index (χ4n) is 0.625. The average Bonchev–Trinajstić information content (AvgIpc) is 2.53. The van der Waals surface area contributed by atoms with Gasteiger partial charge in [0, 0.05) is 11.5 Å². The Morgan fingerprint density at radius 3 is 3.00 bits per heavy atom. The highest BCUT2D eigenvalue weighted by molar-refractivity contribution is 7.99. The lowest BCUT2D eigenvalue weighted by Crippen LogP contribution is -2.12. The number of nitrogens with zero attached hydrogens (tertiary/aromatic N) is 3. The number of hydrogen-bond donors (Lipinski definition) is 2. The maximum absolute atomic E-state index is 9.32. The SMILES string of the molecule is CSCC(O)CSc1nn[nH]n1. The van der Waals surface area contributed by atoms with E-state index in [1.807, 2.05) is 6.26 Å². The van der Waals surface area contributed by atoms with E-state index in [0.29, 0.717) is 10.9 Å². The predicted molar refractivity (Wildman–Crippen MR) is 49.3 cm³/mol. The van der Waals surface area contributed by atoms with Gasteiger partial charge in [-0.1, -0.05) is 11.8 Å². The molecule has 0 amide bonds. The van der Waals surface area contributed by atoms with E-state index in [1.165, 1.54) is 11.8 Å². The van der Waals surface area contributed by atoms with Gasteiger partial charge in [-0.2, -0.15) is 17.0 Å². The van der Waals surface area contributed by atoms with Gasteiger partial charge < -0.3 is 5.11 Å². The molecule has 0 aliphatic heterocycles. The topological polar surface area (TPSA) is 74.7 Å². The summed E-state index contributed by atoms with van der Waals surface area (Å²) in [5.41, 5.74) is 0. The van der Waals surface area contributed by atoms with E-state index in [-0.39, 0.29) is 6.10 Å². The fraction of sp³-hybridized carbons (Fsp3) is 0.800. The van der Waals surface area contributed by atoms with Crippen LogP contribution in [0.15, 0.2) is 5.16 Å². The lowest BCUT2D eigenvalue weighted by molar-refractivity contribution is 0.225. The van der Waals surface area contributed by atoms with Crippen molar-refractivity contribution in [1.29, 1.82) is 0 Å². The summed E-state index contributed by atoms with van der Waals surface area (Å²) in [6, 6.07) is 0. The van der Waals surface area contributed by atoms with E-state index in [0.717, 1.165) is 5.75 Å². The fourth-order valence-corrected chi connectivity index (χ4v) is 1.94. The number of aromatic nitrogens is 4. The Labute approximate surface area is 78.7 Å². The molecule has 0 saturated heterocycles. The molecule has 7 heteroatoms. The number of rotatable bonds is 5. The minimum Gasteiger partial charge on any atom is -0.391 e. The summed E-state index contributed by atoms with van der Waals surface area (Å²) in [6.45, 7) is 0. The molecule has 1 aromatic rings. The first-order valence-corrected chi connectivity index (χ1v) is 5.74. The van der Waals surface area contributed by atoms with E-state index in [9.17, 15) is 5.11 Å². The molecule has 0 radical (unpaired) electrons. The van der Waals surface area contributed by atoms with Crippen molar-refractivity contribution in [2.45, 2.75) is 11.3 Å². The van der Waals surface area contributed by atoms with Crippen molar-refractivity contribution in [2.75, 3.05) is 17.8 Å². The smallest absolute Gasteiger partial charge is 0.231 e. The van der Waals surface area contributed by atoms with Gasteiger partial charge in [0.15, 0.2) is 0 Å². The van der Waals surface area contributed by atoms with Gasteiger partial charge in [0.25, 0.3) is 0 Å². The summed E-state index contributed by atoms with van der Waals surface area (Å²) in [6.07, 6.45) is 1.66. The number of thioether (sulfide) groups is 2. The lowest BCUT2D eigenvalue weighted by Gasteiger charge is -2.04. The molecule has 12 heavy (non-hydrogen) atoms. The van der Waals surface area contributed by atoms with Crippen LogP contribution in [0.4, 0.5) is 0 Å². The Morgan fingerprint density at radius 1 is 1.58 bits per heavy atom. The highest BCUT2D eigenvalue weighted by Gasteiger charge is 2.05. The van der Waals surface area contributed by atoms with Crippen LogP contribution in [-0.4, -0.2) is 49.6 Å². The third-order valence-electron chi connectivity index (χ3n) is 1.09. The van der Waals surface area contributed by atoms with Crippen LogP contribution >= 0.6 is 23.5 Å². The van der Waals surface area contributed by atoms with Crippen LogP contribution in [0.3, 0.4) is 0 Å². The molecule has 0 aliphatic carbocycles. The number of hydrogen-bond acceptors (Lipinski definition) is 6. The average molecular weight is 206 g/mol.